The lowest BCUT2D eigenvalue weighted by Crippen LogP contribution is -2.55. The standard InChI is InChI=1S/C19H22F3N5O4S/c20-19(21,22)17-5-6-27(23-17)16-3-1-15(2-4-16)18(28)24-7-9-25(10-8-24)32(29,30)26-11-13-31-14-12-26/h1-6H,7-14H2. The van der Waals surface area contributed by atoms with Gasteiger partial charge in [0.05, 0.1) is 18.9 Å². The average Bonchev–Trinajstić information content (AvgIpc) is 3.30. The second kappa shape index (κ2) is 8.81. The second-order valence-corrected chi connectivity index (χ2v) is 9.33. The summed E-state index contributed by atoms with van der Waals surface area (Å²) < 4.78 is 72.7. The summed E-state index contributed by atoms with van der Waals surface area (Å²) in [7, 11) is -3.58. The van der Waals surface area contributed by atoms with Crippen LogP contribution in [0.15, 0.2) is 36.5 Å². The smallest absolute Gasteiger partial charge is 0.379 e. The molecule has 1 aromatic heterocycles. The van der Waals surface area contributed by atoms with E-state index in [9.17, 15) is 26.4 Å². The topological polar surface area (TPSA) is 88.0 Å². The molecule has 4 rings (SSSR count). The van der Waals surface area contributed by atoms with Crippen molar-refractivity contribution in [1.29, 1.82) is 0 Å². The van der Waals surface area contributed by atoms with Gasteiger partial charge in [-0.2, -0.15) is 35.3 Å². The molecule has 2 aromatic rings. The van der Waals surface area contributed by atoms with Gasteiger partial charge < -0.3 is 9.64 Å². The summed E-state index contributed by atoms with van der Waals surface area (Å²) in [4.78, 5) is 14.4. The number of hydrogen-bond acceptors (Lipinski definition) is 5. The number of carbonyl (C=O) groups is 1. The Morgan fingerprint density at radius 2 is 1.50 bits per heavy atom. The van der Waals surface area contributed by atoms with Crippen molar-refractivity contribution in [2.75, 3.05) is 52.5 Å². The number of carbonyl (C=O) groups excluding carboxylic acids is 1. The monoisotopic (exact) mass is 473 g/mol. The van der Waals surface area contributed by atoms with Gasteiger partial charge in [0.1, 0.15) is 0 Å². The molecular formula is C19H22F3N5O4S. The van der Waals surface area contributed by atoms with Crippen molar-refractivity contribution < 1.29 is 31.1 Å². The summed E-state index contributed by atoms with van der Waals surface area (Å²) in [6.07, 6.45) is -3.33. The van der Waals surface area contributed by atoms with E-state index in [4.69, 9.17) is 4.74 Å². The van der Waals surface area contributed by atoms with E-state index in [1.54, 1.807) is 4.90 Å². The van der Waals surface area contributed by atoms with Gasteiger partial charge >= 0.3 is 6.18 Å². The first-order valence-corrected chi connectivity index (χ1v) is 11.4. The predicted octanol–water partition coefficient (Wildman–Crippen LogP) is 1.23. The molecule has 2 saturated heterocycles. The van der Waals surface area contributed by atoms with Crippen LogP contribution in [0.3, 0.4) is 0 Å². The van der Waals surface area contributed by atoms with Crippen LogP contribution >= 0.6 is 0 Å². The van der Waals surface area contributed by atoms with Gasteiger partial charge in [0.15, 0.2) is 5.69 Å². The number of halogens is 3. The van der Waals surface area contributed by atoms with Gasteiger partial charge in [0, 0.05) is 51.0 Å². The number of rotatable bonds is 4. The molecule has 0 unspecified atom stereocenters. The molecule has 0 saturated carbocycles. The van der Waals surface area contributed by atoms with Crippen LogP contribution in [-0.2, 0) is 21.1 Å². The zero-order valence-corrected chi connectivity index (χ0v) is 17.8. The van der Waals surface area contributed by atoms with Gasteiger partial charge in [0.2, 0.25) is 0 Å². The van der Waals surface area contributed by atoms with E-state index in [0.717, 1.165) is 10.7 Å². The summed E-state index contributed by atoms with van der Waals surface area (Å²) >= 11 is 0. The highest BCUT2D eigenvalue weighted by Gasteiger charge is 2.35. The normalized spacial score (nSPS) is 19.3. The molecule has 0 aliphatic carbocycles. The van der Waals surface area contributed by atoms with Crippen molar-refractivity contribution in [1.82, 2.24) is 23.3 Å². The number of alkyl halides is 3. The molecule has 0 atom stereocenters. The van der Waals surface area contributed by atoms with Crippen LogP contribution in [-0.4, -0.2) is 90.1 Å². The number of amides is 1. The van der Waals surface area contributed by atoms with Crippen LogP contribution in [0.2, 0.25) is 0 Å². The van der Waals surface area contributed by atoms with Crippen LogP contribution < -0.4 is 0 Å². The maximum Gasteiger partial charge on any atom is 0.435 e. The quantitative estimate of drug-likeness (QED) is 0.667. The van der Waals surface area contributed by atoms with Gasteiger partial charge in [0.25, 0.3) is 16.1 Å². The first kappa shape index (κ1) is 22.7. The average molecular weight is 473 g/mol. The van der Waals surface area contributed by atoms with E-state index in [-0.39, 0.29) is 32.1 Å². The zero-order valence-electron chi connectivity index (χ0n) is 17.0. The highest BCUT2D eigenvalue weighted by molar-refractivity contribution is 7.86. The highest BCUT2D eigenvalue weighted by atomic mass is 32.2. The first-order chi connectivity index (χ1) is 15.2. The summed E-state index contributed by atoms with van der Waals surface area (Å²) in [6, 6.07) is 6.94. The van der Waals surface area contributed by atoms with E-state index in [1.165, 1.54) is 39.1 Å². The van der Waals surface area contributed by atoms with Gasteiger partial charge in [-0.05, 0) is 30.3 Å². The lowest BCUT2D eigenvalue weighted by molar-refractivity contribution is -0.141. The van der Waals surface area contributed by atoms with E-state index in [2.05, 4.69) is 5.10 Å². The van der Waals surface area contributed by atoms with Crippen molar-refractivity contribution >= 4 is 16.1 Å². The largest absolute Gasteiger partial charge is 0.435 e. The molecule has 2 aliphatic heterocycles. The Morgan fingerprint density at radius 3 is 2.06 bits per heavy atom. The predicted molar refractivity (Wildman–Crippen MR) is 107 cm³/mol. The Hall–Kier alpha value is -2.48. The number of piperazine rings is 1. The highest BCUT2D eigenvalue weighted by Crippen LogP contribution is 2.28. The van der Waals surface area contributed by atoms with Crippen LogP contribution in [0, 0.1) is 0 Å². The minimum Gasteiger partial charge on any atom is -0.379 e. The molecule has 1 aromatic carbocycles. The molecule has 0 radical (unpaired) electrons. The van der Waals surface area contributed by atoms with Crippen LogP contribution in [0.1, 0.15) is 16.1 Å². The van der Waals surface area contributed by atoms with E-state index in [1.807, 2.05) is 0 Å². The maximum absolute atomic E-state index is 12.8. The number of ether oxygens (including phenoxy) is 1. The third-order valence-corrected chi connectivity index (χ3v) is 7.44. The number of aromatic nitrogens is 2. The van der Waals surface area contributed by atoms with E-state index >= 15 is 0 Å². The number of nitrogens with zero attached hydrogens (tertiary/aromatic N) is 5. The van der Waals surface area contributed by atoms with Crippen LogP contribution in [0.4, 0.5) is 13.2 Å². The van der Waals surface area contributed by atoms with Gasteiger partial charge in [-0.3, -0.25) is 4.79 Å². The molecule has 174 valence electrons. The van der Waals surface area contributed by atoms with E-state index in [0.29, 0.717) is 37.6 Å². The van der Waals surface area contributed by atoms with Crippen molar-refractivity contribution in [3.8, 4) is 5.69 Å². The Labute approximate surface area is 183 Å². The zero-order chi connectivity index (χ0) is 22.9. The Balaban J connectivity index is 1.37. The Morgan fingerprint density at radius 1 is 0.906 bits per heavy atom. The fraction of sp³-hybridized carbons (Fsp3) is 0.474. The van der Waals surface area contributed by atoms with E-state index < -0.39 is 22.1 Å². The fourth-order valence-electron chi connectivity index (χ4n) is 3.62. The summed E-state index contributed by atoms with van der Waals surface area (Å²) in [5.74, 6) is -0.267. The summed E-state index contributed by atoms with van der Waals surface area (Å²) in [6.45, 7) is 2.24. The lowest BCUT2D eigenvalue weighted by Gasteiger charge is -2.37. The van der Waals surface area contributed by atoms with Crippen LogP contribution in [0.25, 0.3) is 5.69 Å². The van der Waals surface area contributed by atoms with Gasteiger partial charge in [-0.15, -0.1) is 0 Å². The molecular weight excluding hydrogens is 451 g/mol. The third-order valence-electron chi connectivity index (χ3n) is 5.41. The van der Waals surface area contributed by atoms with Crippen molar-refractivity contribution in [2.45, 2.75) is 6.18 Å². The van der Waals surface area contributed by atoms with Gasteiger partial charge in [-0.25, -0.2) is 4.68 Å². The Kier molecular flexibility index (Phi) is 6.25. The molecule has 9 nitrogen and oxygen atoms in total. The second-order valence-electron chi connectivity index (χ2n) is 7.40. The molecule has 2 aliphatic rings. The molecule has 1 amide bonds. The summed E-state index contributed by atoms with van der Waals surface area (Å²) in [5.41, 5.74) is -0.248. The number of benzene rings is 1. The maximum atomic E-state index is 12.8. The number of morpholine rings is 1. The van der Waals surface area contributed by atoms with Crippen molar-refractivity contribution in [3.05, 3.63) is 47.8 Å². The molecule has 0 spiro atoms. The third kappa shape index (κ3) is 4.65. The molecule has 13 heteroatoms. The SMILES string of the molecule is O=C(c1ccc(-n2ccc(C(F)(F)F)n2)cc1)N1CCN(S(=O)(=O)N2CCOCC2)CC1. The minimum absolute atomic E-state index is 0.191. The molecule has 0 bridgehead atoms. The molecule has 32 heavy (non-hydrogen) atoms. The minimum atomic E-state index is -4.53. The number of hydrogen-bond donors (Lipinski definition) is 0. The molecule has 0 N–H and O–H groups in total. The van der Waals surface area contributed by atoms with Crippen molar-refractivity contribution in [2.24, 2.45) is 0 Å². The van der Waals surface area contributed by atoms with Crippen molar-refractivity contribution in [3.63, 3.8) is 0 Å². The molecule has 3 heterocycles. The molecule has 2 fully saturated rings. The van der Waals surface area contributed by atoms with Crippen LogP contribution in [0.5, 0.6) is 0 Å². The lowest BCUT2D eigenvalue weighted by atomic mass is 10.1. The Bertz CT molecular complexity index is 1060. The first-order valence-electron chi connectivity index (χ1n) is 10.0. The van der Waals surface area contributed by atoms with Gasteiger partial charge in [-0.1, -0.05) is 0 Å². The fourth-order valence-corrected chi connectivity index (χ4v) is 5.18. The summed E-state index contributed by atoms with van der Waals surface area (Å²) in [5, 5.41) is 3.51.